The molecule has 2 heterocycles. The van der Waals surface area contributed by atoms with E-state index in [2.05, 4.69) is 57.8 Å². The van der Waals surface area contributed by atoms with Crippen molar-refractivity contribution >= 4 is 6.09 Å². The van der Waals surface area contributed by atoms with Crippen LogP contribution in [0.25, 0.3) is 0 Å². The van der Waals surface area contributed by atoms with Crippen molar-refractivity contribution in [3.05, 3.63) is 47.8 Å². The molecule has 3 rings (SSSR count). The van der Waals surface area contributed by atoms with Gasteiger partial charge in [0, 0.05) is 19.3 Å². The lowest BCUT2D eigenvalue weighted by Gasteiger charge is -2.31. The van der Waals surface area contributed by atoms with Crippen molar-refractivity contribution in [1.82, 2.24) is 25.2 Å². The van der Waals surface area contributed by atoms with E-state index < -0.39 is 12.2 Å². The predicted octanol–water partition coefficient (Wildman–Crippen LogP) is 2.54. The van der Waals surface area contributed by atoms with Gasteiger partial charge in [0.15, 0.2) is 0 Å². The van der Waals surface area contributed by atoms with Gasteiger partial charge in [-0.15, -0.1) is 5.10 Å². The molecule has 0 bridgehead atoms. The summed E-state index contributed by atoms with van der Waals surface area (Å²) in [6, 6.07) is 10.7. The summed E-state index contributed by atoms with van der Waals surface area (Å²) < 4.78 is 6.63. The fraction of sp³-hybridized carbons (Fsp3) is 0.591. The Balaban J connectivity index is 1.36. The van der Waals surface area contributed by atoms with Crippen molar-refractivity contribution in [2.24, 2.45) is 0 Å². The highest BCUT2D eigenvalue weighted by Crippen LogP contribution is 2.28. The van der Waals surface area contributed by atoms with Gasteiger partial charge in [0.05, 0.1) is 12.2 Å². The molecule has 8 heteroatoms. The number of nitrogens with one attached hydrogen (secondary N) is 1. The molecule has 1 amide bonds. The fourth-order valence-corrected chi connectivity index (χ4v) is 3.74. The Morgan fingerprint density at radius 1 is 1.30 bits per heavy atom. The van der Waals surface area contributed by atoms with Crippen molar-refractivity contribution in [2.45, 2.75) is 57.7 Å². The number of rotatable bonds is 10. The molecule has 1 atom stereocenters. The van der Waals surface area contributed by atoms with E-state index in [1.54, 1.807) is 4.68 Å². The number of nitrogens with zero attached hydrogens (tertiary/aromatic N) is 4. The number of carbonyl (C=O) groups excluding carboxylic acids is 1. The Morgan fingerprint density at radius 3 is 2.80 bits per heavy atom. The molecule has 164 valence electrons. The number of benzene rings is 1. The quantitative estimate of drug-likeness (QED) is 0.580. The van der Waals surface area contributed by atoms with E-state index in [1.807, 2.05) is 6.20 Å². The number of aromatic nitrogens is 3. The van der Waals surface area contributed by atoms with Crippen LogP contribution in [0.2, 0.25) is 0 Å². The molecule has 0 radical (unpaired) electrons. The van der Waals surface area contributed by atoms with Crippen LogP contribution >= 0.6 is 0 Å². The highest BCUT2D eigenvalue weighted by atomic mass is 16.6. The Bertz CT molecular complexity index is 759. The van der Waals surface area contributed by atoms with Gasteiger partial charge in [0.1, 0.15) is 12.7 Å². The standard InChI is InChI=1S/C22H33N5O3/c1-2-3-11-23-22(29)30-17-21(28)16-27-15-20(24-25-27)14-26-12-9-19(10-13-26)18-7-5-4-6-8-18/h4-8,15,19,21,28H,2-3,9-14,16-17H2,1H3,(H,23,29). The molecule has 2 aromatic rings. The third-order valence-corrected chi connectivity index (χ3v) is 5.43. The molecule has 30 heavy (non-hydrogen) atoms. The van der Waals surface area contributed by atoms with Gasteiger partial charge in [-0.2, -0.15) is 0 Å². The summed E-state index contributed by atoms with van der Waals surface area (Å²) in [7, 11) is 0. The number of amides is 1. The van der Waals surface area contributed by atoms with E-state index in [-0.39, 0.29) is 13.2 Å². The van der Waals surface area contributed by atoms with Crippen LogP contribution in [0.5, 0.6) is 0 Å². The van der Waals surface area contributed by atoms with Crippen LogP contribution in [-0.2, 0) is 17.8 Å². The molecule has 1 aliphatic heterocycles. The molecule has 1 fully saturated rings. The number of piperidine rings is 1. The number of aliphatic hydroxyl groups is 1. The molecule has 8 nitrogen and oxygen atoms in total. The van der Waals surface area contributed by atoms with E-state index in [0.717, 1.165) is 51.0 Å². The molecule has 2 N–H and O–H groups in total. The molecule has 1 saturated heterocycles. The van der Waals surface area contributed by atoms with E-state index in [1.165, 1.54) is 5.56 Å². The van der Waals surface area contributed by atoms with E-state index in [9.17, 15) is 9.90 Å². The summed E-state index contributed by atoms with van der Waals surface area (Å²) in [5, 5.41) is 21.1. The molecule has 0 saturated carbocycles. The lowest BCUT2D eigenvalue weighted by Crippen LogP contribution is -2.32. The summed E-state index contributed by atoms with van der Waals surface area (Å²) in [6.07, 6.45) is 4.74. The van der Waals surface area contributed by atoms with Crippen LogP contribution in [0.1, 0.15) is 49.8 Å². The van der Waals surface area contributed by atoms with Crippen molar-refractivity contribution in [3.8, 4) is 0 Å². The minimum Gasteiger partial charge on any atom is -0.447 e. The molecular formula is C22H33N5O3. The normalized spacial score (nSPS) is 16.3. The third kappa shape index (κ3) is 7.11. The number of alkyl carbamates (subject to hydrolysis) is 1. The number of unbranched alkanes of at least 4 members (excludes halogenated alkanes) is 1. The Labute approximate surface area is 178 Å². The maximum Gasteiger partial charge on any atom is 0.407 e. The summed E-state index contributed by atoms with van der Waals surface area (Å²) in [4.78, 5) is 13.9. The van der Waals surface area contributed by atoms with Gasteiger partial charge >= 0.3 is 6.09 Å². The lowest BCUT2D eigenvalue weighted by molar-refractivity contribution is 0.0563. The summed E-state index contributed by atoms with van der Waals surface area (Å²) in [5.41, 5.74) is 2.32. The maximum absolute atomic E-state index is 11.5. The topological polar surface area (TPSA) is 92.5 Å². The highest BCUT2D eigenvalue weighted by molar-refractivity contribution is 5.67. The van der Waals surface area contributed by atoms with Gasteiger partial charge < -0.3 is 15.2 Å². The van der Waals surface area contributed by atoms with Crippen molar-refractivity contribution in [2.75, 3.05) is 26.2 Å². The van der Waals surface area contributed by atoms with Crippen LogP contribution in [0.3, 0.4) is 0 Å². The number of carbonyl (C=O) groups is 1. The minimum atomic E-state index is -0.821. The van der Waals surface area contributed by atoms with E-state index in [0.29, 0.717) is 12.5 Å². The number of likely N-dealkylation sites (tertiary alicyclic amines) is 1. The van der Waals surface area contributed by atoms with Gasteiger partial charge in [-0.3, -0.25) is 4.90 Å². The van der Waals surface area contributed by atoms with Crippen molar-refractivity contribution < 1.29 is 14.6 Å². The molecule has 1 aromatic carbocycles. The largest absolute Gasteiger partial charge is 0.447 e. The Hall–Kier alpha value is -2.45. The van der Waals surface area contributed by atoms with E-state index >= 15 is 0 Å². The average Bonchev–Trinajstić information content (AvgIpc) is 3.20. The summed E-state index contributed by atoms with van der Waals surface area (Å²) >= 11 is 0. The van der Waals surface area contributed by atoms with Crippen LogP contribution in [0, 0.1) is 0 Å². The minimum absolute atomic E-state index is 0.0693. The van der Waals surface area contributed by atoms with Gasteiger partial charge in [-0.1, -0.05) is 48.9 Å². The average molecular weight is 416 g/mol. The van der Waals surface area contributed by atoms with E-state index in [4.69, 9.17) is 4.74 Å². The second-order valence-electron chi connectivity index (χ2n) is 7.93. The van der Waals surface area contributed by atoms with Crippen LogP contribution in [0.4, 0.5) is 4.79 Å². The first-order chi connectivity index (χ1) is 14.6. The molecule has 1 aliphatic rings. The van der Waals surface area contributed by atoms with Gasteiger partial charge in [0.25, 0.3) is 0 Å². The second kappa shape index (κ2) is 11.7. The molecular weight excluding hydrogens is 382 g/mol. The molecule has 1 unspecified atom stereocenters. The lowest BCUT2D eigenvalue weighted by atomic mass is 9.89. The zero-order valence-electron chi connectivity index (χ0n) is 17.7. The highest BCUT2D eigenvalue weighted by Gasteiger charge is 2.21. The van der Waals surface area contributed by atoms with Crippen molar-refractivity contribution in [3.63, 3.8) is 0 Å². The Morgan fingerprint density at radius 2 is 2.07 bits per heavy atom. The first-order valence-electron chi connectivity index (χ1n) is 10.9. The van der Waals surface area contributed by atoms with Crippen LogP contribution in [-0.4, -0.2) is 63.4 Å². The number of aliphatic hydroxyl groups excluding tert-OH is 1. The monoisotopic (exact) mass is 415 g/mol. The second-order valence-corrected chi connectivity index (χ2v) is 7.93. The zero-order valence-corrected chi connectivity index (χ0v) is 17.7. The number of hydrogen-bond acceptors (Lipinski definition) is 6. The van der Waals surface area contributed by atoms with Crippen molar-refractivity contribution in [1.29, 1.82) is 0 Å². The molecule has 0 spiro atoms. The summed E-state index contributed by atoms with van der Waals surface area (Å²) in [6.45, 7) is 5.64. The van der Waals surface area contributed by atoms with Gasteiger partial charge in [-0.05, 0) is 43.8 Å². The number of ether oxygens (including phenoxy) is 1. The smallest absolute Gasteiger partial charge is 0.407 e. The first-order valence-corrected chi connectivity index (χ1v) is 10.9. The SMILES string of the molecule is CCCCNC(=O)OCC(O)Cn1cc(CN2CCC(c3ccccc3)CC2)nn1. The molecule has 0 aliphatic carbocycles. The summed E-state index contributed by atoms with van der Waals surface area (Å²) in [5.74, 6) is 0.632. The van der Waals surface area contributed by atoms with Crippen LogP contribution in [0.15, 0.2) is 36.5 Å². The third-order valence-electron chi connectivity index (χ3n) is 5.43. The van der Waals surface area contributed by atoms with Crippen LogP contribution < -0.4 is 5.32 Å². The number of hydrogen-bond donors (Lipinski definition) is 2. The fourth-order valence-electron chi connectivity index (χ4n) is 3.74. The predicted molar refractivity (Wildman–Crippen MR) is 114 cm³/mol. The first kappa shape index (κ1) is 22.2. The maximum atomic E-state index is 11.5. The zero-order chi connectivity index (χ0) is 21.2. The van der Waals surface area contributed by atoms with Gasteiger partial charge in [0.2, 0.25) is 0 Å². The molecule has 1 aromatic heterocycles. The Kier molecular flexibility index (Phi) is 8.65. The van der Waals surface area contributed by atoms with Gasteiger partial charge in [-0.25, -0.2) is 9.48 Å².